The highest BCUT2D eigenvalue weighted by Gasteiger charge is 2.24. The number of nitro benzene ring substituents is 1. The third-order valence-corrected chi connectivity index (χ3v) is 2.58. The molecule has 2 aromatic rings. The summed E-state index contributed by atoms with van der Waals surface area (Å²) in [6.07, 6.45) is 2.80. The molecule has 2 rings (SSSR count). The highest BCUT2D eigenvalue weighted by Crippen LogP contribution is 2.29. The maximum absolute atomic E-state index is 13.9. The average molecular weight is 280 g/mol. The Labute approximate surface area is 112 Å². The molecule has 0 aliphatic carbocycles. The number of hydrogen-bond acceptors (Lipinski definition) is 5. The minimum atomic E-state index is -1.28. The van der Waals surface area contributed by atoms with Gasteiger partial charge in [-0.05, 0) is 13.1 Å². The van der Waals surface area contributed by atoms with Crippen LogP contribution in [-0.2, 0) is 6.54 Å². The molecule has 1 aromatic heterocycles. The van der Waals surface area contributed by atoms with Gasteiger partial charge in [-0.25, -0.2) is 14.4 Å². The molecule has 0 atom stereocenters. The van der Waals surface area contributed by atoms with E-state index in [9.17, 15) is 18.9 Å². The molecule has 0 unspecified atom stereocenters. The molecule has 0 amide bonds. The molecule has 0 saturated heterocycles. The number of hydrogen-bond donors (Lipinski definition) is 1. The minimum Gasteiger partial charge on any atom is -0.316 e. The Morgan fingerprint density at radius 2 is 1.95 bits per heavy atom. The van der Waals surface area contributed by atoms with Crippen LogP contribution in [0.25, 0.3) is 11.4 Å². The Balaban J connectivity index is 2.51. The van der Waals surface area contributed by atoms with Gasteiger partial charge in [0, 0.05) is 30.6 Å². The fourth-order valence-electron chi connectivity index (χ4n) is 1.67. The van der Waals surface area contributed by atoms with E-state index in [2.05, 4.69) is 15.3 Å². The highest BCUT2D eigenvalue weighted by molar-refractivity contribution is 5.61. The Morgan fingerprint density at radius 1 is 1.30 bits per heavy atom. The van der Waals surface area contributed by atoms with Gasteiger partial charge in [0.15, 0.2) is 5.82 Å². The fraction of sp³-hybridized carbons (Fsp3) is 0.167. The first-order valence-electron chi connectivity index (χ1n) is 5.63. The number of aromatic nitrogens is 2. The van der Waals surface area contributed by atoms with Crippen molar-refractivity contribution in [3.05, 3.63) is 51.8 Å². The number of rotatable bonds is 4. The van der Waals surface area contributed by atoms with Crippen LogP contribution in [0.4, 0.5) is 14.5 Å². The molecule has 1 aromatic carbocycles. The molecule has 0 aliphatic rings. The molecule has 6 nitrogen and oxygen atoms in total. The van der Waals surface area contributed by atoms with E-state index in [1.807, 2.05) is 0 Å². The number of nitro groups is 1. The number of halogens is 2. The molecule has 1 N–H and O–H groups in total. The quantitative estimate of drug-likeness (QED) is 0.684. The zero-order chi connectivity index (χ0) is 14.7. The van der Waals surface area contributed by atoms with Crippen LogP contribution in [-0.4, -0.2) is 21.9 Å². The van der Waals surface area contributed by atoms with E-state index < -0.39 is 27.8 Å². The predicted octanol–water partition coefficient (Wildman–Crippen LogP) is 2.05. The summed E-state index contributed by atoms with van der Waals surface area (Å²) in [5, 5.41) is 13.5. The third-order valence-electron chi connectivity index (χ3n) is 2.58. The van der Waals surface area contributed by atoms with Crippen molar-refractivity contribution >= 4 is 5.69 Å². The first-order chi connectivity index (χ1) is 9.54. The topological polar surface area (TPSA) is 81.0 Å². The number of nitrogens with one attached hydrogen (secondary N) is 1. The molecule has 0 spiro atoms. The van der Waals surface area contributed by atoms with Crippen LogP contribution >= 0.6 is 0 Å². The molecule has 0 aliphatic heterocycles. The van der Waals surface area contributed by atoms with Gasteiger partial charge in [0.25, 0.3) is 0 Å². The maximum Gasteiger partial charge on any atom is 0.305 e. The first kappa shape index (κ1) is 13.9. The van der Waals surface area contributed by atoms with Gasteiger partial charge in [0.05, 0.1) is 10.5 Å². The lowest BCUT2D eigenvalue weighted by Gasteiger charge is -2.05. The number of nitrogens with zero attached hydrogens (tertiary/aromatic N) is 3. The standard InChI is InChI=1S/C12H10F2N4O2/c1-15-4-7-5-16-12(17-6-7)10-8(13)2-3-9(11(10)14)18(19)20/h2-3,5-6,15H,4H2,1H3. The summed E-state index contributed by atoms with van der Waals surface area (Å²) in [7, 11) is 1.73. The van der Waals surface area contributed by atoms with Crippen LogP contribution in [0.15, 0.2) is 24.5 Å². The van der Waals surface area contributed by atoms with Crippen LogP contribution in [0, 0.1) is 21.7 Å². The largest absolute Gasteiger partial charge is 0.316 e. The third kappa shape index (κ3) is 2.59. The molecule has 1 heterocycles. The summed E-state index contributed by atoms with van der Waals surface area (Å²) in [6, 6.07) is 1.59. The zero-order valence-corrected chi connectivity index (χ0v) is 10.4. The Bertz CT molecular complexity index is 647. The number of benzene rings is 1. The second-order valence-electron chi connectivity index (χ2n) is 3.96. The van der Waals surface area contributed by atoms with Gasteiger partial charge in [-0.2, -0.15) is 4.39 Å². The molecule has 0 fully saturated rings. The Hall–Kier alpha value is -2.48. The van der Waals surface area contributed by atoms with Crippen molar-refractivity contribution in [2.24, 2.45) is 0 Å². The maximum atomic E-state index is 13.9. The lowest BCUT2D eigenvalue weighted by molar-refractivity contribution is -0.387. The Kier molecular flexibility index (Phi) is 3.94. The summed E-state index contributed by atoms with van der Waals surface area (Å²) < 4.78 is 27.6. The molecule has 0 bridgehead atoms. The SMILES string of the molecule is CNCc1cnc(-c2c(F)ccc([N+](=O)[O-])c2F)nc1. The van der Waals surface area contributed by atoms with Crippen molar-refractivity contribution in [1.29, 1.82) is 0 Å². The predicted molar refractivity (Wildman–Crippen MR) is 66.8 cm³/mol. The van der Waals surface area contributed by atoms with Crippen LogP contribution in [0.3, 0.4) is 0 Å². The highest BCUT2D eigenvalue weighted by atomic mass is 19.1. The van der Waals surface area contributed by atoms with E-state index in [-0.39, 0.29) is 5.82 Å². The van der Waals surface area contributed by atoms with Crippen molar-refractivity contribution in [2.45, 2.75) is 6.54 Å². The average Bonchev–Trinajstić information content (AvgIpc) is 2.40. The van der Waals surface area contributed by atoms with Gasteiger partial charge in [0.2, 0.25) is 5.82 Å². The van der Waals surface area contributed by atoms with Crippen LogP contribution in [0.2, 0.25) is 0 Å². The zero-order valence-electron chi connectivity index (χ0n) is 10.4. The van der Waals surface area contributed by atoms with E-state index in [1.165, 1.54) is 12.4 Å². The van der Waals surface area contributed by atoms with Gasteiger partial charge >= 0.3 is 5.69 Å². The van der Waals surface area contributed by atoms with E-state index in [1.54, 1.807) is 7.05 Å². The van der Waals surface area contributed by atoms with Gasteiger partial charge in [0.1, 0.15) is 5.82 Å². The summed E-state index contributed by atoms with van der Waals surface area (Å²) in [4.78, 5) is 17.4. The van der Waals surface area contributed by atoms with Crippen molar-refractivity contribution < 1.29 is 13.7 Å². The smallest absolute Gasteiger partial charge is 0.305 e. The molecule has 20 heavy (non-hydrogen) atoms. The minimum absolute atomic E-state index is 0.233. The molecule has 0 radical (unpaired) electrons. The van der Waals surface area contributed by atoms with E-state index in [0.29, 0.717) is 6.54 Å². The van der Waals surface area contributed by atoms with Gasteiger partial charge in [-0.15, -0.1) is 0 Å². The molecule has 0 saturated carbocycles. The summed E-state index contributed by atoms with van der Waals surface area (Å²) in [6.45, 7) is 0.500. The normalized spacial score (nSPS) is 10.6. The van der Waals surface area contributed by atoms with Crippen LogP contribution in [0.5, 0.6) is 0 Å². The van der Waals surface area contributed by atoms with E-state index in [0.717, 1.165) is 17.7 Å². The van der Waals surface area contributed by atoms with Crippen molar-refractivity contribution in [3.63, 3.8) is 0 Å². The first-order valence-corrected chi connectivity index (χ1v) is 5.63. The van der Waals surface area contributed by atoms with Crippen LogP contribution in [0.1, 0.15) is 5.56 Å². The lowest BCUT2D eigenvalue weighted by Crippen LogP contribution is -2.06. The molecule has 8 heteroatoms. The van der Waals surface area contributed by atoms with Gasteiger partial charge < -0.3 is 5.32 Å². The molecular formula is C12H10F2N4O2. The fourth-order valence-corrected chi connectivity index (χ4v) is 1.67. The summed E-state index contributed by atoms with van der Waals surface area (Å²) in [5.41, 5.74) is -0.693. The second kappa shape index (κ2) is 5.66. The van der Waals surface area contributed by atoms with E-state index >= 15 is 0 Å². The van der Waals surface area contributed by atoms with Gasteiger partial charge in [-0.1, -0.05) is 0 Å². The van der Waals surface area contributed by atoms with Crippen molar-refractivity contribution in [2.75, 3.05) is 7.05 Å². The summed E-state index contributed by atoms with van der Waals surface area (Å²) >= 11 is 0. The monoisotopic (exact) mass is 280 g/mol. The van der Waals surface area contributed by atoms with Crippen molar-refractivity contribution in [3.8, 4) is 11.4 Å². The lowest BCUT2D eigenvalue weighted by atomic mass is 10.1. The molecule has 104 valence electrons. The molecular weight excluding hydrogens is 270 g/mol. The summed E-state index contributed by atoms with van der Waals surface area (Å²) in [5.74, 6) is -2.46. The van der Waals surface area contributed by atoms with E-state index in [4.69, 9.17) is 0 Å². The Morgan fingerprint density at radius 3 is 2.50 bits per heavy atom. The van der Waals surface area contributed by atoms with Gasteiger partial charge in [-0.3, -0.25) is 10.1 Å². The second-order valence-corrected chi connectivity index (χ2v) is 3.96. The van der Waals surface area contributed by atoms with Crippen LogP contribution < -0.4 is 5.32 Å². The van der Waals surface area contributed by atoms with Crippen molar-refractivity contribution in [1.82, 2.24) is 15.3 Å².